The van der Waals surface area contributed by atoms with E-state index in [1.54, 1.807) is 0 Å². The molecule has 0 amide bonds. The standard InChI is InChI=1S/C80H156O17P2/c1-8-9-10-11-12-30-40-47-54-61-77(82)90-67-75(96-80(85)64-57-50-43-36-29-23-26-33-39-46-53-60-73(6)7)69-94-98(86,87)92-65-74(81)66-93-99(88,89)95-70-76(68-91-78(83)62-55-48-41-34-27-22-21-25-32-38-45-52-59-72(4)5)97-79(84)63-56-49-42-35-28-20-18-16-14-13-15-17-19-24-31-37-44-51-58-71(2)3/h71-76,81H,8-70H2,1-7H3,(H,86,87)(H,88,89)/t74-,75+,76+/m0/s1. The molecule has 3 N–H and O–H groups in total. The lowest BCUT2D eigenvalue weighted by Gasteiger charge is -2.21. The predicted molar refractivity (Wildman–Crippen MR) is 405 cm³/mol. The first-order valence-electron chi connectivity index (χ1n) is 41.3. The van der Waals surface area contributed by atoms with Crippen molar-refractivity contribution in [2.24, 2.45) is 17.8 Å². The minimum atomic E-state index is -4.96. The molecule has 0 heterocycles. The van der Waals surface area contributed by atoms with Gasteiger partial charge in [0.15, 0.2) is 12.2 Å². The third kappa shape index (κ3) is 74.1. The Bertz CT molecular complexity index is 1920. The monoisotopic (exact) mass is 1450 g/mol. The molecule has 0 saturated carbocycles. The minimum Gasteiger partial charge on any atom is -0.462 e. The van der Waals surface area contributed by atoms with Crippen molar-refractivity contribution in [2.45, 2.75) is 433 Å². The number of phosphoric acid groups is 2. The zero-order valence-corrected chi connectivity index (χ0v) is 66.8. The summed E-state index contributed by atoms with van der Waals surface area (Å²) in [4.78, 5) is 72.9. The Hall–Kier alpha value is -1.94. The van der Waals surface area contributed by atoms with E-state index < -0.39 is 97.5 Å². The molecule has 0 saturated heterocycles. The summed E-state index contributed by atoms with van der Waals surface area (Å²) in [5.74, 6) is 0.254. The Balaban J connectivity index is 5.21. The maximum atomic E-state index is 13.1. The van der Waals surface area contributed by atoms with E-state index in [0.29, 0.717) is 25.7 Å². The molecular weight excluding hydrogens is 1290 g/mol. The van der Waals surface area contributed by atoms with Gasteiger partial charge in [0.05, 0.1) is 26.4 Å². The van der Waals surface area contributed by atoms with Crippen molar-refractivity contribution < 1.29 is 80.2 Å². The fourth-order valence-corrected chi connectivity index (χ4v) is 13.9. The van der Waals surface area contributed by atoms with Gasteiger partial charge in [-0.25, -0.2) is 9.13 Å². The lowest BCUT2D eigenvalue weighted by atomic mass is 10.0. The van der Waals surface area contributed by atoms with Crippen LogP contribution in [0.3, 0.4) is 0 Å². The molecule has 0 fully saturated rings. The fraction of sp³-hybridized carbons (Fsp3) is 0.950. The van der Waals surface area contributed by atoms with E-state index in [9.17, 15) is 43.2 Å². The molecular formula is C80H156O17P2. The van der Waals surface area contributed by atoms with E-state index in [0.717, 1.165) is 108 Å². The number of carbonyl (C=O) groups excluding carboxylic acids is 4. The Morgan fingerprint density at radius 2 is 0.465 bits per heavy atom. The van der Waals surface area contributed by atoms with Crippen molar-refractivity contribution in [3.8, 4) is 0 Å². The van der Waals surface area contributed by atoms with E-state index in [1.165, 1.54) is 225 Å². The van der Waals surface area contributed by atoms with Crippen LogP contribution in [-0.4, -0.2) is 96.7 Å². The van der Waals surface area contributed by atoms with Crippen LogP contribution < -0.4 is 0 Å². The van der Waals surface area contributed by atoms with E-state index in [1.807, 2.05) is 0 Å². The summed E-state index contributed by atoms with van der Waals surface area (Å²) in [7, 11) is -9.92. The number of aliphatic hydroxyl groups excluding tert-OH is 1. The molecule has 0 radical (unpaired) electrons. The largest absolute Gasteiger partial charge is 0.472 e. The number of rotatable bonds is 78. The molecule has 0 aliphatic heterocycles. The van der Waals surface area contributed by atoms with Gasteiger partial charge in [-0.05, 0) is 43.4 Å². The van der Waals surface area contributed by atoms with E-state index >= 15 is 0 Å². The smallest absolute Gasteiger partial charge is 0.462 e. The van der Waals surface area contributed by atoms with Gasteiger partial charge in [-0.3, -0.25) is 37.3 Å². The van der Waals surface area contributed by atoms with Crippen LogP contribution in [-0.2, 0) is 65.4 Å². The van der Waals surface area contributed by atoms with Crippen LogP contribution in [0.5, 0.6) is 0 Å². The Morgan fingerprint density at radius 3 is 0.687 bits per heavy atom. The minimum absolute atomic E-state index is 0.106. The van der Waals surface area contributed by atoms with Gasteiger partial charge in [0.25, 0.3) is 0 Å². The van der Waals surface area contributed by atoms with Gasteiger partial charge < -0.3 is 33.8 Å². The summed E-state index contributed by atoms with van der Waals surface area (Å²) < 4.78 is 68.6. The third-order valence-electron chi connectivity index (χ3n) is 18.6. The number of unbranched alkanes of at least 4 members (excludes halogenated alkanes) is 46. The van der Waals surface area contributed by atoms with Gasteiger partial charge >= 0.3 is 39.5 Å². The highest BCUT2D eigenvalue weighted by Crippen LogP contribution is 2.45. The van der Waals surface area contributed by atoms with Gasteiger partial charge in [-0.1, -0.05) is 363 Å². The molecule has 0 rings (SSSR count). The lowest BCUT2D eigenvalue weighted by molar-refractivity contribution is -0.161. The van der Waals surface area contributed by atoms with Crippen LogP contribution in [0, 0.1) is 17.8 Å². The molecule has 17 nitrogen and oxygen atoms in total. The Morgan fingerprint density at radius 1 is 0.273 bits per heavy atom. The Labute approximate surface area is 607 Å². The molecule has 0 spiro atoms. The first-order chi connectivity index (χ1) is 47.7. The molecule has 0 bridgehead atoms. The molecule has 99 heavy (non-hydrogen) atoms. The number of hydrogen-bond donors (Lipinski definition) is 3. The number of aliphatic hydroxyl groups is 1. The molecule has 0 aliphatic carbocycles. The van der Waals surface area contributed by atoms with Crippen molar-refractivity contribution in [2.75, 3.05) is 39.6 Å². The van der Waals surface area contributed by atoms with Gasteiger partial charge in [-0.15, -0.1) is 0 Å². The molecule has 588 valence electrons. The zero-order chi connectivity index (χ0) is 73.0. The van der Waals surface area contributed by atoms with Gasteiger partial charge in [-0.2, -0.15) is 0 Å². The molecule has 19 heteroatoms. The third-order valence-corrected chi connectivity index (χ3v) is 20.5. The van der Waals surface area contributed by atoms with Crippen molar-refractivity contribution in [3.63, 3.8) is 0 Å². The summed E-state index contributed by atoms with van der Waals surface area (Å²) in [5.41, 5.74) is 0. The average Bonchev–Trinajstić information content (AvgIpc) is 1.01. The van der Waals surface area contributed by atoms with Gasteiger partial charge in [0.2, 0.25) is 0 Å². The second-order valence-electron chi connectivity index (χ2n) is 30.2. The van der Waals surface area contributed by atoms with Crippen LogP contribution in [0.25, 0.3) is 0 Å². The van der Waals surface area contributed by atoms with E-state index in [-0.39, 0.29) is 25.7 Å². The molecule has 0 aromatic rings. The summed E-state index contributed by atoms with van der Waals surface area (Å²) >= 11 is 0. The number of esters is 4. The highest BCUT2D eigenvalue weighted by Gasteiger charge is 2.30. The van der Waals surface area contributed by atoms with E-state index in [4.69, 9.17) is 37.0 Å². The van der Waals surface area contributed by atoms with Crippen LogP contribution >= 0.6 is 15.6 Å². The van der Waals surface area contributed by atoms with Crippen LogP contribution in [0.2, 0.25) is 0 Å². The van der Waals surface area contributed by atoms with Crippen molar-refractivity contribution in [3.05, 3.63) is 0 Å². The molecule has 0 aliphatic rings. The van der Waals surface area contributed by atoms with Crippen molar-refractivity contribution in [1.29, 1.82) is 0 Å². The van der Waals surface area contributed by atoms with Crippen LogP contribution in [0.1, 0.15) is 414 Å². The van der Waals surface area contributed by atoms with Gasteiger partial charge in [0.1, 0.15) is 19.3 Å². The maximum Gasteiger partial charge on any atom is 0.472 e. The predicted octanol–water partition coefficient (Wildman–Crippen LogP) is 23.7. The highest BCUT2D eigenvalue weighted by molar-refractivity contribution is 7.47. The number of hydrogen-bond acceptors (Lipinski definition) is 15. The second kappa shape index (κ2) is 70.4. The first-order valence-corrected chi connectivity index (χ1v) is 44.3. The number of carbonyl (C=O) groups is 4. The highest BCUT2D eigenvalue weighted by atomic mass is 31.2. The number of ether oxygens (including phenoxy) is 4. The SMILES string of the molecule is CCCCCCCCCCCC(=O)OC[C@H](COP(=O)(O)OC[C@H](O)COP(=O)(O)OC[C@@H](COC(=O)CCCCCCCCCCCCCCC(C)C)OC(=O)CCCCCCCCCCCCCCCCCCCCC(C)C)OC(=O)CCCCCCCCCCCCCC(C)C. The lowest BCUT2D eigenvalue weighted by Crippen LogP contribution is -2.30. The average molecular weight is 1450 g/mol. The van der Waals surface area contributed by atoms with Crippen molar-refractivity contribution in [1.82, 2.24) is 0 Å². The van der Waals surface area contributed by atoms with Crippen LogP contribution in [0.15, 0.2) is 0 Å². The van der Waals surface area contributed by atoms with Crippen LogP contribution in [0.4, 0.5) is 0 Å². The fourth-order valence-electron chi connectivity index (χ4n) is 12.3. The summed E-state index contributed by atoms with van der Waals surface area (Å²) in [5, 5.41) is 10.6. The summed E-state index contributed by atoms with van der Waals surface area (Å²) in [6, 6.07) is 0. The quantitative estimate of drug-likeness (QED) is 0.0222. The Kier molecular flexibility index (Phi) is 69.0. The zero-order valence-electron chi connectivity index (χ0n) is 65.0. The molecule has 5 atom stereocenters. The van der Waals surface area contributed by atoms with E-state index in [2.05, 4.69) is 48.5 Å². The molecule has 2 unspecified atom stereocenters. The maximum absolute atomic E-state index is 13.1. The first kappa shape index (κ1) is 97.1. The number of phosphoric ester groups is 2. The molecule has 0 aromatic heterocycles. The summed E-state index contributed by atoms with van der Waals surface area (Å²) in [6.07, 6.45) is 58.3. The summed E-state index contributed by atoms with van der Waals surface area (Å²) in [6.45, 7) is 12.0. The van der Waals surface area contributed by atoms with Crippen molar-refractivity contribution >= 4 is 39.5 Å². The normalized spacial score (nSPS) is 14.0. The van der Waals surface area contributed by atoms with Gasteiger partial charge in [0, 0.05) is 25.7 Å². The molecule has 0 aromatic carbocycles. The second-order valence-corrected chi connectivity index (χ2v) is 33.1. The topological polar surface area (TPSA) is 237 Å².